The number of hydrogen-bond acceptors (Lipinski definition) is 11. The molecule has 2 aliphatic carbocycles. The maximum absolute atomic E-state index is 13.2. The molecule has 9 atom stereocenters. The Hall–Kier alpha value is -5.39. The van der Waals surface area contributed by atoms with Gasteiger partial charge in [0.2, 0.25) is 0 Å². The van der Waals surface area contributed by atoms with Crippen LogP contribution in [0.4, 0.5) is 0 Å². The van der Waals surface area contributed by atoms with E-state index in [1.807, 2.05) is 62.6 Å². The number of amides is 2. The van der Waals surface area contributed by atoms with Crippen LogP contribution >= 0.6 is 0 Å². The van der Waals surface area contributed by atoms with Crippen LogP contribution in [0.15, 0.2) is 84.7 Å². The molecule has 4 bridgehead atoms. The second-order valence-electron chi connectivity index (χ2n) is 19.7. The molecule has 0 radical (unpaired) electrons. The van der Waals surface area contributed by atoms with Crippen LogP contribution < -0.4 is 5.32 Å². The first kappa shape index (κ1) is 51.5. The average molecular weight is 969 g/mol. The van der Waals surface area contributed by atoms with E-state index in [1.165, 1.54) is 5.57 Å². The number of para-hydroxylation sites is 2. The Balaban J connectivity index is 0.000000189. The molecular formula is C53H68N4O11S. The van der Waals surface area contributed by atoms with Crippen molar-refractivity contribution in [3.8, 4) is 0 Å². The molecule has 4 aromatic rings. The summed E-state index contributed by atoms with van der Waals surface area (Å²) in [6.07, 6.45) is 15.3. The molecule has 1 fully saturated rings. The molecule has 2 aromatic heterocycles. The number of carbonyl (C=O) groups is 4. The molecule has 0 spiro atoms. The Morgan fingerprint density at radius 2 is 1.51 bits per heavy atom. The zero-order chi connectivity index (χ0) is 49.7. The molecule has 5 aliphatic rings. The molecule has 16 heteroatoms. The molecule has 1 saturated heterocycles. The van der Waals surface area contributed by atoms with E-state index in [4.69, 9.17) is 18.8 Å². The average Bonchev–Trinajstić information content (AvgIpc) is 3.92. The summed E-state index contributed by atoms with van der Waals surface area (Å²) >= 11 is 0. The summed E-state index contributed by atoms with van der Waals surface area (Å²) in [6, 6.07) is 16.1. The number of nitrogens with one attached hydrogen (secondary N) is 1. The third kappa shape index (κ3) is 12.5. The number of aromatic nitrogens is 2. The predicted octanol–water partition coefficient (Wildman–Crippen LogP) is 7.21. The van der Waals surface area contributed by atoms with Gasteiger partial charge < -0.3 is 33.4 Å². The van der Waals surface area contributed by atoms with E-state index in [-0.39, 0.29) is 60.3 Å². The first-order valence-corrected chi connectivity index (χ1v) is 26.1. The fourth-order valence-corrected chi connectivity index (χ4v) is 10.5. The number of hydrogen-bond donors (Lipinski definition) is 3. The van der Waals surface area contributed by atoms with Crippen molar-refractivity contribution in [2.75, 3.05) is 33.5 Å². The lowest BCUT2D eigenvalue weighted by molar-refractivity contribution is -0.162. The topological polar surface area (TPSA) is 196 Å². The minimum Gasteiger partial charge on any atom is -0.462 e. The molecule has 5 heterocycles. The van der Waals surface area contributed by atoms with Crippen LogP contribution in [0.1, 0.15) is 83.8 Å². The number of aryl methyl sites for hydroxylation is 1. The highest BCUT2D eigenvalue weighted by Gasteiger charge is 2.42. The summed E-state index contributed by atoms with van der Waals surface area (Å²) < 4.78 is 48.1. The molecule has 0 unspecified atom stereocenters. The largest absolute Gasteiger partial charge is 0.462 e. The normalized spacial score (nSPS) is 26.3. The fourth-order valence-electron chi connectivity index (χ4n) is 10.5. The number of nitrogens with zero attached hydrogens (tertiary/aromatic N) is 3. The van der Waals surface area contributed by atoms with Gasteiger partial charge in [0, 0.05) is 77.3 Å². The van der Waals surface area contributed by atoms with E-state index in [0.29, 0.717) is 54.7 Å². The zero-order valence-electron chi connectivity index (χ0n) is 40.8. The molecule has 2 aromatic carbocycles. The lowest BCUT2D eigenvalue weighted by Gasteiger charge is -2.43. The van der Waals surface area contributed by atoms with Gasteiger partial charge in [0.1, 0.15) is 12.2 Å². The maximum atomic E-state index is 13.2. The van der Waals surface area contributed by atoms with Crippen molar-refractivity contribution in [1.82, 2.24) is 19.4 Å². The Bertz CT molecular complexity index is 2740. The van der Waals surface area contributed by atoms with Crippen LogP contribution in [-0.4, -0.2) is 114 Å². The van der Waals surface area contributed by atoms with E-state index >= 15 is 0 Å². The quantitative estimate of drug-likeness (QED) is 0.0914. The van der Waals surface area contributed by atoms with Gasteiger partial charge in [-0.25, -0.2) is 0 Å². The van der Waals surface area contributed by atoms with Crippen LogP contribution in [0, 0.1) is 29.6 Å². The van der Waals surface area contributed by atoms with Crippen LogP contribution in [0.2, 0.25) is 0 Å². The number of rotatable bonds is 8. The lowest BCUT2D eigenvalue weighted by atomic mass is 9.65. The van der Waals surface area contributed by atoms with Crippen molar-refractivity contribution in [2.24, 2.45) is 29.6 Å². The van der Waals surface area contributed by atoms with E-state index < -0.39 is 16.2 Å². The van der Waals surface area contributed by atoms with Crippen molar-refractivity contribution in [1.29, 1.82) is 0 Å². The SMILES string of the molecule is CC[C@H](C)C(=O)O[C@H]1C[C@@H](C)C=C2C=C[C@H](C)[C@H](CC[C@@H]3C[C@@H](O)CC(=O)O3)[C@H]21.CN(C)C[C@@H]1CCn2cc(c3ccccc32)C2=C(C(=O)NC2=O)c2cn(c3ccccc23)CCO1.CS(=O)(=O)O. The van der Waals surface area contributed by atoms with Crippen molar-refractivity contribution < 1.29 is 51.5 Å². The highest BCUT2D eigenvalue weighted by Crippen LogP contribution is 2.46. The molecule has 69 heavy (non-hydrogen) atoms. The molecule has 3 aliphatic heterocycles. The number of carbonyl (C=O) groups excluding carboxylic acids is 4. The molecular weight excluding hydrogens is 901 g/mol. The minimum absolute atomic E-state index is 0.0741. The van der Waals surface area contributed by atoms with Crippen molar-refractivity contribution in [3.63, 3.8) is 0 Å². The highest BCUT2D eigenvalue weighted by molar-refractivity contribution is 7.85. The van der Waals surface area contributed by atoms with Crippen LogP contribution in [-0.2, 0) is 56.6 Å². The second kappa shape index (κ2) is 22.1. The number of benzene rings is 2. The Kier molecular flexibility index (Phi) is 16.5. The van der Waals surface area contributed by atoms with Crippen molar-refractivity contribution in [3.05, 3.63) is 95.9 Å². The first-order valence-electron chi connectivity index (χ1n) is 24.2. The van der Waals surface area contributed by atoms with Crippen LogP contribution in [0.25, 0.3) is 33.0 Å². The van der Waals surface area contributed by atoms with Gasteiger partial charge in [0.25, 0.3) is 21.9 Å². The minimum atomic E-state index is -3.67. The van der Waals surface area contributed by atoms with Crippen molar-refractivity contribution in [2.45, 2.75) is 110 Å². The smallest absolute Gasteiger partial charge is 0.308 e. The van der Waals surface area contributed by atoms with E-state index in [9.17, 15) is 32.7 Å². The number of allylic oxidation sites excluding steroid dienone is 3. The lowest BCUT2D eigenvalue weighted by Crippen LogP contribution is -2.42. The number of imide groups is 1. The van der Waals surface area contributed by atoms with E-state index in [2.05, 4.69) is 77.7 Å². The Morgan fingerprint density at radius 3 is 2.09 bits per heavy atom. The molecule has 0 saturated carbocycles. The summed E-state index contributed by atoms with van der Waals surface area (Å²) in [5, 5.41) is 14.4. The summed E-state index contributed by atoms with van der Waals surface area (Å²) in [7, 11) is 0.459. The molecule has 15 nitrogen and oxygen atoms in total. The summed E-state index contributed by atoms with van der Waals surface area (Å²) in [5.74, 6) is 0.0648. The maximum Gasteiger partial charge on any atom is 0.308 e. The van der Waals surface area contributed by atoms with Gasteiger partial charge in [-0.05, 0) is 81.7 Å². The highest BCUT2D eigenvalue weighted by atomic mass is 32.2. The number of esters is 2. The van der Waals surface area contributed by atoms with Gasteiger partial charge in [-0.3, -0.25) is 29.0 Å². The van der Waals surface area contributed by atoms with Gasteiger partial charge in [-0.1, -0.05) is 82.3 Å². The van der Waals surface area contributed by atoms with Crippen LogP contribution in [0.3, 0.4) is 0 Å². The fraction of sp³-hybridized carbons (Fsp3) is 0.509. The zero-order valence-corrected chi connectivity index (χ0v) is 41.6. The van der Waals surface area contributed by atoms with Gasteiger partial charge >= 0.3 is 11.9 Å². The number of ether oxygens (including phenoxy) is 3. The number of likely N-dealkylation sites (N-methyl/N-ethyl adjacent to an activating group) is 1. The predicted molar refractivity (Wildman–Crippen MR) is 265 cm³/mol. The van der Waals surface area contributed by atoms with Gasteiger partial charge in [0.05, 0.1) is 48.6 Å². The summed E-state index contributed by atoms with van der Waals surface area (Å²) in [5.41, 5.74) is 5.79. The third-order valence-corrected chi connectivity index (χ3v) is 13.9. The van der Waals surface area contributed by atoms with E-state index in [0.717, 1.165) is 78.1 Å². The standard InChI is InChI=1S/C28H28N4O3.C24H36O5.CH4O3S/c1-30(2)15-18-11-12-31-16-21(19-7-3-5-9-23(19)31)25-26(28(34)29-27(25)33)22-17-32(13-14-35-18)24-10-6-4-8-20(22)24;1-5-15(3)24(27)29-21-11-14(2)10-17-7-6-16(4)20(23(17)21)9-8-19-12-18(25)13-22(26)28-19;1-5(2,3)4/h3-10,16-18H,11-15H2,1-2H3,(H,29,33,34);6-7,10,14-16,18-21,23,25H,5,8-9,11-13H2,1-4H3;1H3,(H,2,3,4)/t18-;14-,15-,16-,18+,19+,20-,21-,23-;/m00./s1. The van der Waals surface area contributed by atoms with Gasteiger partial charge in [-0.15, -0.1) is 0 Å². The van der Waals surface area contributed by atoms with Crippen molar-refractivity contribution >= 4 is 66.8 Å². The van der Waals surface area contributed by atoms with Gasteiger partial charge in [-0.2, -0.15) is 8.42 Å². The molecule has 2 amide bonds. The number of fused-ring (bicyclic) bond motifs is 13. The monoisotopic (exact) mass is 968 g/mol. The molecule has 9 rings (SSSR count). The van der Waals surface area contributed by atoms with Gasteiger partial charge in [0.15, 0.2) is 0 Å². The summed E-state index contributed by atoms with van der Waals surface area (Å²) in [6.45, 7) is 11.1. The molecule has 3 N–H and O–H groups in total. The Labute approximate surface area is 405 Å². The number of cyclic esters (lactones) is 1. The summed E-state index contributed by atoms with van der Waals surface area (Å²) in [4.78, 5) is 52.7. The molecule has 372 valence electrons. The number of aliphatic hydroxyl groups excluding tert-OH is 1. The van der Waals surface area contributed by atoms with E-state index in [1.54, 1.807) is 0 Å². The third-order valence-electron chi connectivity index (χ3n) is 13.9. The Morgan fingerprint density at radius 1 is 0.913 bits per heavy atom. The number of aliphatic hydroxyl groups is 1. The van der Waals surface area contributed by atoms with Crippen LogP contribution in [0.5, 0.6) is 0 Å². The second-order valence-corrected chi connectivity index (χ2v) is 21.1. The first-order chi connectivity index (χ1) is 32.8.